The largest absolute Gasteiger partial charge is 0.463 e. The number of benzene rings is 1. The fourth-order valence-corrected chi connectivity index (χ4v) is 5.48. The summed E-state index contributed by atoms with van der Waals surface area (Å²) in [7, 11) is 0. The molecule has 0 amide bonds. The second kappa shape index (κ2) is 15.2. The predicted octanol–water partition coefficient (Wildman–Crippen LogP) is 6.28. The van der Waals surface area contributed by atoms with Crippen LogP contribution in [-0.4, -0.2) is 31.1 Å². The monoisotopic (exact) mass is 508 g/mol. The summed E-state index contributed by atoms with van der Waals surface area (Å²) in [5.41, 5.74) is 0.427. The van der Waals surface area contributed by atoms with E-state index in [0.29, 0.717) is 36.4 Å². The Balaban J connectivity index is 1.30. The van der Waals surface area contributed by atoms with E-state index in [1.54, 1.807) is 24.3 Å². The average molecular weight is 509 g/mol. The molecule has 3 rings (SSSR count). The molecule has 37 heavy (non-hydrogen) atoms. The molecule has 1 aromatic carbocycles. The standard InChI is InChI=1S/C31H40O6/c1-3-23-9-11-24(12-10-23)25-13-15-27(16-14-25)31(34)37-28-19-17-26(18-20-28)30(33)36-22-8-6-5-7-21-35-29(32)4-2/h1,4,17-20,23-25,27H,2,5-16,21-22H2. The van der Waals surface area contributed by atoms with Gasteiger partial charge in [0.1, 0.15) is 5.75 Å². The van der Waals surface area contributed by atoms with Crippen LogP contribution in [0.4, 0.5) is 0 Å². The molecule has 2 saturated carbocycles. The lowest BCUT2D eigenvalue weighted by Gasteiger charge is -2.36. The molecule has 0 N–H and O–H groups in total. The highest BCUT2D eigenvalue weighted by Gasteiger charge is 2.33. The second-order valence-corrected chi connectivity index (χ2v) is 10.3. The van der Waals surface area contributed by atoms with Crippen molar-refractivity contribution in [1.82, 2.24) is 0 Å². The minimum atomic E-state index is -0.410. The summed E-state index contributed by atoms with van der Waals surface area (Å²) in [6.07, 6.45) is 18.6. The number of ether oxygens (including phenoxy) is 3. The Kier molecular flexibility index (Phi) is 11.7. The molecule has 0 atom stereocenters. The van der Waals surface area contributed by atoms with Crippen LogP contribution in [0.25, 0.3) is 0 Å². The van der Waals surface area contributed by atoms with E-state index in [1.807, 2.05) is 0 Å². The summed E-state index contributed by atoms with van der Waals surface area (Å²) in [4.78, 5) is 35.9. The Bertz CT molecular complexity index is 927. The first-order valence-electron chi connectivity index (χ1n) is 13.7. The molecule has 6 nitrogen and oxygen atoms in total. The van der Waals surface area contributed by atoms with Gasteiger partial charge in [-0.1, -0.05) is 6.58 Å². The lowest BCUT2D eigenvalue weighted by atomic mass is 9.69. The predicted molar refractivity (Wildman–Crippen MR) is 142 cm³/mol. The summed E-state index contributed by atoms with van der Waals surface area (Å²) in [6.45, 7) is 4.05. The quantitative estimate of drug-likeness (QED) is 0.109. The van der Waals surface area contributed by atoms with Gasteiger partial charge in [0.2, 0.25) is 0 Å². The smallest absolute Gasteiger partial charge is 0.338 e. The van der Waals surface area contributed by atoms with Crippen molar-refractivity contribution in [3.05, 3.63) is 42.5 Å². The van der Waals surface area contributed by atoms with Gasteiger partial charge < -0.3 is 14.2 Å². The van der Waals surface area contributed by atoms with Crippen LogP contribution >= 0.6 is 0 Å². The maximum atomic E-state index is 12.7. The van der Waals surface area contributed by atoms with Gasteiger partial charge in [-0.3, -0.25) is 4.79 Å². The number of hydrogen-bond donors (Lipinski definition) is 0. The first-order valence-corrected chi connectivity index (χ1v) is 13.7. The molecule has 6 heteroatoms. The Morgan fingerprint density at radius 1 is 0.838 bits per heavy atom. The Morgan fingerprint density at radius 3 is 1.97 bits per heavy atom. The average Bonchev–Trinajstić information content (AvgIpc) is 2.94. The highest BCUT2D eigenvalue weighted by molar-refractivity contribution is 5.89. The minimum Gasteiger partial charge on any atom is -0.463 e. The van der Waals surface area contributed by atoms with Gasteiger partial charge in [-0.15, -0.1) is 12.3 Å². The van der Waals surface area contributed by atoms with Gasteiger partial charge in [0.05, 0.1) is 24.7 Å². The molecule has 200 valence electrons. The number of terminal acetylenes is 1. The van der Waals surface area contributed by atoms with Gasteiger partial charge in [-0.2, -0.15) is 0 Å². The highest BCUT2D eigenvalue weighted by Crippen LogP contribution is 2.41. The zero-order chi connectivity index (χ0) is 26.5. The number of hydrogen-bond acceptors (Lipinski definition) is 6. The summed E-state index contributed by atoms with van der Waals surface area (Å²) in [6, 6.07) is 6.55. The van der Waals surface area contributed by atoms with Gasteiger partial charge in [-0.25, -0.2) is 9.59 Å². The van der Waals surface area contributed by atoms with Crippen molar-refractivity contribution in [2.45, 2.75) is 77.0 Å². The van der Waals surface area contributed by atoms with Crippen molar-refractivity contribution < 1.29 is 28.6 Å². The van der Waals surface area contributed by atoms with Gasteiger partial charge >= 0.3 is 17.9 Å². The molecule has 1 aromatic rings. The van der Waals surface area contributed by atoms with Crippen LogP contribution in [0.5, 0.6) is 5.75 Å². The topological polar surface area (TPSA) is 78.9 Å². The lowest BCUT2D eigenvalue weighted by Crippen LogP contribution is -2.30. The lowest BCUT2D eigenvalue weighted by molar-refractivity contribution is -0.140. The summed E-state index contributed by atoms with van der Waals surface area (Å²) in [5, 5.41) is 0. The van der Waals surface area contributed by atoms with Crippen molar-refractivity contribution >= 4 is 17.9 Å². The molecule has 0 bridgehead atoms. The van der Waals surface area contributed by atoms with Crippen molar-refractivity contribution in [2.75, 3.05) is 13.2 Å². The SMILES string of the molecule is C#CC1CCC(C2CCC(C(=O)Oc3ccc(C(=O)OCCCCCCOC(=O)C=C)cc3)CC2)CC1. The number of rotatable bonds is 12. The zero-order valence-corrected chi connectivity index (χ0v) is 21.8. The van der Waals surface area contributed by atoms with Crippen molar-refractivity contribution in [1.29, 1.82) is 0 Å². The van der Waals surface area contributed by atoms with Crippen LogP contribution in [0.15, 0.2) is 36.9 Å². The Hall–Kier alpha value is -3.07. The molecule has 0 spiro atoms. The maximum absolute atomic E-state index is 12.7. The van der Waals surface area contributed by atoms with Gasteiger partial charge in [0, 0.05) is 12.0 Å². The number of carbonyl (C=O) groups is 3. The zero-order valence-electron chi connectivity index (χ0n) is 21.8. The van der Waals surface area contributed by atoms with E-state index in [2.05, 4.69) is 12.5 Å². The molecular weight excluding hydrogens is 468 g/mol. The van der Waals surface area contributed by atoms with Crippen LogP contribution in [0.3, 0.4) is 0 Å². The van der Waals surface area contributed by atoms with Gasteiger partial charge in [0.15, 0.2) is 0 Å². The molecule has 0 aliphatic heterocycles. The van der Waals surface area contributed by atoms with E-state index >= 15 is 0 Å². The molecule has 0 aromatic heterocycles. The van der Waals surface area contributed by atoms with Crippen LogP contribution < -0.4 is 4.74 Å². The Morgan fingerprint density at radius 2 is 1.41 bits per heavy atom. The molecule has 2 fully saturated rings. The first kappa shape index (κ1) is 28.5. The fraction of sp³-hybridized carbons (Fsp3) is 0.581. The van der Waals surface area contributed by atoms with Gasteiger partial charge in [0.25, 0.3) is 0 Å². The summed E-state index contributed by atoms with van der Waals surface area (Å²) >= 11 is 0. The molecule has 0 heterocycles. The van der Waals surface area contributed by atoms with Crippen LogP contribution in [0, 0.1) is 36.0 Å². The molecular formula is C31H40O6. The molecule has 0 radical (unpaired) electrons. The maximum Gasteiger partial charge on any atom is 0.338 e. The molecule has 2 aliphatic carbocycles. The van der Waals surface area contributed by atoms with Crippen LogP contribution in [0.1, 0.15) is 87.4 Å². The van der Waals surface area contributed by atoms with Crippen LogP contribution in [0.2, 0.25) is 0 Å². The third-order valence-electron chi connectivity index (χ3n) is 7.77. The van der Waals surface area contributed by atoms with E-state index in [0.717, 1.165) is 76.2 Å². The van der Waals surface area contributed by atoms with Crippen molar-refractivity contribution in [3.8, 4) is 18.1 Å². The third-order valence-corrected chi connectivity index (χ3v) is 7.77. The normalized spacial score (nSPS) is 23.3. The second-order valence-electron chi connectivity index (χ2n) is 10.3. The van der Waals surface area contributed by atoms with Crippen LogP contribution in [-0.2, 0) is 19.1 Å². The van der Waals surface area contributed by atoms with E-state index in [4.69, 9.17) is 20.6 Å². The summed E-state index contributed by atoms with van der Waals surface area (Å²) < 4.78 is 15.9. The first-order chi connectivity index (χ1) is 18.0. The van der Waals surface area contributed by atoms with Crippen molar-refractivity contribution in [2.24, 2.45) is 23.7 Å². The molecule has 2 aliphatic rings. The van der Waals surface area contributed by atoms with E-state index in [-0.39, 0.29) is 11.9 Å². The molecule has 0 unspecified atom stereocenters. The van der Waals surface area contributed by atoms with E-state index in [9.17, 15) is 14.4 Å². The fourth-order valence-electron chi connectivity index (χ4n) is 5.48. The third kappa shape index (κ3) is 9.39. The van der Waals surface area contributed by atoms with E-state index < -0.39 is 11.9 Å². The highest BCUT2D eigenvalue weighted by atomic mass is 16.5. The number of esters is 3. The summed E-state index contributed by atoms with van der Waals surface area (Å²) in [5.74, 6) is 4.22. The number of carbonyl (C=O) groups excluding carboxylic acids is 3. The van der Waals surface area contributed by atoms with E-state index in [1.165, 1.54) is 12.8 Å². The molecule has 0 saturated heterocycles. The van der Waals surface area contributed by atoms with Gasteiger partial charge in [-0.05, 0) is 113 Å². The van der Waals surface area contributed by atoms with Crippen molar-refractivity contribution in [3.63, 3.8) is 0 Å². The number of unbranched alkanes of at least 4 members (excludes halogenated alkanes) is 3. The minimum absolute atomic E-state index is 0.0584. The Labute approximate surface area is 221 Å².